The first-order valence-corrected chi connectivity index (χ1v) is 7.33. The summed E-state index contributed by atoms with van der Waals surface area (Å²) in [6, 6.07) is 7.49. The lowest BCUT2D eigenvalue weighted by Crippen LogP contribution is -2.50. The van der Waals surface area contributed by atoms with E-state index in [0.717, 1.165) is 12.0 Å². The zero-order valence-corrected chi connectivity index (χ0v) is 12.8. The Morgan fingerprint density at radius 1 is 1.38 bits per heavy atom. The molecule has 0 aliphatic rings. The number of carboxylic acids is 1. The van der Waals surface area contributed by atoms with E-state index in [9.17, 15) is 9.90 Å². The van der Waals surface area contributed by atoms with E-state index < -0.39 is 11.5 Å². The molecule has 1 aromatic rings. The molecule has 1 aromatic carbocycles. The summed E-state index contributed by atoms with van der Waals surface area (Å²) in [5.74, 6) is -0.169. The van der Waals surface area contributed by atoms with Gasteiger partial charge >= 0.3 is 5.97 Å². The number of hydrogen-bond donors (Lipinski definition) is 3. The highest BCUT2D eigenvalue weighted by Crippen LogP contribution is 2.20. The monoisotopic (exact) mass is 295 g/mol. The Balaban J connectivity index is 2.60. The number of para-hydroxylation sites is 1. The van der Waals surface area contributed by atoms with Gasteiger partial charge in [0, 0.05) is 13.0 Å². The van der Waals surface area contributed by atoms with E-state index in [1.807, 2.05) is 31.2 Å². The number of aliphatic carboxylic acids is 1. The molecule has 0 fully saturated rings. The average Bonchev–Trinajstić information content (AvgIpc) is 2.47. The van der Waals surface area contributed by atoms with Crippen LogP contribution in [-0.4, -0.2) is 41.5 Å². The number of ether oxygens (including phenoxy) is 1. The number of hydrogen-bond acceptors (Lipinski definition) is 4. The van der Waals surface area contributed by atoms with Crippen LogP contribution < -0.4 is 10.1 Å². The van der Waals surface area contributed by atoms with E-state index in [2.05, 4.69) is 5.32 Å². The van der Waals surface area contributed by atoms with Crippen molar-refractivity contribution < 1.29 is 19.7 Å². The molecule has 0 radical (unpaired) electrons. The second-order valence-corrected chi connectivity index (χ2v) is 5.24. The molecule has 0 saturated carbocycles. The van der Waals surface area contributed by atoms with Crippen molar-refractivity contribution in [2.45, 2.75) is 38.6 Å². The molecule has 0 amide bonds. The van der Waals surface area contributed by atoms with Crippen LogP contribution in [0.1, 0.15) is 32.3 Å². The molecule has 0 aliphatic carbocycles. The van der Waals surface area contributed by atoms with Gasteiger partial charge in [-0.2, -0.15) is 0 Å². The summed E-state index contributed by atoms with van der Waals surface area (Å²) >= 11 is 0. The van der Waals surface area contributed by atoms with E-state index in [1.165, 1.54) is 0 Å². The average molecular weight is 295 g/mol. The van der Waals surface area contributed by atoms with Crippen LogP contribution in [-0.2, 0) is 11.2 Å². The summed E-state index contributed by atoms with van der Waals surface area (Å²) in [7, 11) is 0. The summed E-state index contributed by atoms with van der Waals surface area (Å²) < 4.78 is 5.70. The molecule has 5 heteroatoms. The Labute approximate surface area is 125 Å². The Hall–Kier alpha value is -1.59. The van der Waals surface area contributed by atoms with Crippen LogP contribution in [0.2, 0.25) is 0 Å². The molecule has 0 spiro atoms. The minimum atomic E-state index is -0.984. The molecular weight excluding hydrogens is 270 g/mol. The Kier molecular flexibility index (Phi) is 7.19. The first-order chi connectivity index (χ1) is 10.0. The number of aliphatic hydroxyl groups is 1. The molecule has 1 rings (SSSR count). The maximum Gasteiger partial charge on any atom is 0.323 e. The highest BCUT2D eigenvalue weighted by atomic mass is 16.5. The molecule has 1 atom stereocenters. The van der Waals surface area contributed by atoms with Gasteiger partial charge in [-0.3, -0.25) is 4.79 Å². The van der Waals surface area contributed by atoms with Crippen LogP contribution in [0.15, 0.2) is 24.3 Å². The maximum atomic E-state index is 11.4. The molecule has 0 aliphatic heterocycles. The van der Waals surface area contributed by atoms with Crippen molar-refractivity contribution in [1.82, 2.24) is 5.32 Å². The lowest BCUT2D eigenvalue weighted by Gasteiger charge is -2.26. The Morgan fingerprint density at radius 3 is 2.71 bits per heavy atom. The zero-order valence-electron chi connectivity index (χ0n) is 12.8. The van der Waals surface area contributed by atoms with Gasteiger partial charge in [0.2, 0.25) is 0 Å². The van der Waals surface area contributed by atoms with E-state index in [-0.39, 0.29) is 6.61 Å². The van der Waals surface area contributed by atoms with Crippen LogP contribution in [0.5, 0.6) is 5.75 Å². The van der Waals surface area contributed by atoms with E-state index in [1.54, 1.807) is 6.92 Å². The third-order valence-corrected chi connectivity index (χ3v) is 3.45. The van der Waals surface area contributed by atoms with Gasteiger partial charge in [0.05, 0.1) is 6.61 Å². The van der Waals surface area contributed by atoms with Crippen LogP contribution >= 0.6 is 0 Å². The molecule has 0 saturated heterocycles. The van der Waals surface area contributed by atoms with E-state index in [0.29, 0.717) is 31.7 Å². The predicted molar refractivity (Wildman–Crippen MR) is 81.7 cm³/mol. The second-order valence-electron chi connectivity index (χ2n) is 5.24. The number of benzene rings is 1. The van der Waals surface area contributed by atoms with E-state index >= 15 is 0 Å². The Morgan fingerprint density at radius 2 is 2.10 bits per heavy atom. The molecule has 0 bridgehead atoms. The SMILES string of the molecule is CCCNC(C)(CCOc1ccccc1CCO)C(=O)O. The normalized spacial score (nSPS) is 13.7. The van der Waals surface area contributed by atoms with Crippen molar-refractivity contribution in [3.8, 4) is 5.75 Å². The number of aliphatic hydroxyl groups excluding tert-OH is 1. The summed E-state index contributed by atoms with van der Waals surface area (Å²) in [5.41, 5.74) is -0.0550. The van der Waals surface area contributed by atoms with Crippen LogP contribution in [0.4, 0.5) is 0 Å². The first kappa shape index (κ1) is 17.5. The smallest absolute Gasteiger partial charge is 0.323 e. The fourth-order valence-electron chi connectivity index (χ4n) is 2.01. The van der Waals surface area contributed by atoms with Gasteiger partial charge in [0.1, 0.15) is 11.3 Å². The molecule has 1 unspecified atom stereocenters. The number of nitrogens with one attached hydrogen (secondary N) is 1. The summed E-state index contributed by atoms with van der Waals surface area (Å²) in [5, 5.41) is 21.4. The van der Waals surface area contributed by atoms with Crippen LogP contribution in [0, 0.1) is 0 Å². The molecular formula is C16H25NO4. The summed E-state index contributed by atoms with van der Waals surface area (Å²) in [6.45, 7) is 4.70. The summed E-state index contributed by atoms with van der Waals surface area (Å²) in [4.78, 5) is 11.4. The van der Waals surface area contributed by atoms with Crippen molar-refractivity contribution >= 4 is 5.97 Å². The van der Waals surface area contributed by atoms with Gasteiger partial charge in [-0.05, 0) is 37.9 Å². The fraction of sp³-hybridized carbons (Fsp3) is 0.562. The lowest BCUT2D eigenvalue weighted by atomic mass is 9.98. The van der Waals surface area contributed by atoms with Crippen molar-refractivity contribution in [2.24, 2.45) is 0 Å². The van der Waals surface area contributed by atoms with Crippen molar-refractivity contribution in [2.75, 3.05) is 19.8 Å². The van der Waals surface area contributed by atoms with Crippen LogP contribution in [0.25, 0.3) is 0 Å². The summed E-state index contributed by atoms with van der Waals surface area (Å²) in [6.07, 6.45) is 1.78. The van der Waals surface area contributed by atoms with Gasteiger partial charge in [0.15, 0.2) is 0 Å². The van der Waals surface area contributed by atoms with Crippen molar-refractivity contribution in [3.63, 3.8) is 0 Å². The van der Waals surface area contributed by atoms with Gasteiger partial charge < -0.3 is 20.3 Å². The topological polar surface area (TPSA) is 78.8 Å². The molecule has 5 nitrogen and oxygen atoms in total. The molecule has 3 N–H and O–H groups in total. The van der Waals surface area contributed by atoms with Crippen molar-refractivity contribution in [3.05, 3.63) is 29.8 Å². The molecule has 21 heavy (non-hydrogen) atoms. The number of carbonyl (C=O) groups is 1. The molecule has 118 valence electrons. The number of rotatable bonds is 10. The molecule has 0 aromatic heterocycles. The third kappa shape index (κ3) is 5.36. The highest BCUT2D eigenvalue weighted by molar-refractivity contribution is 5.78. The van der Waals surface area contributed by atoms with Gasteiger partial charge in [-0.1, -0.05) is 25.1 Å². The largest absolute Gasteiger partial charge is 0.493 e. The Bertz CT molecular complexity index is 450. The van der Waals surface area contributed by atoms with Crippen LogP contribution in [0.3, 0.4) is 0 Å². The third-order valence-electron chi connectivity index (χ3n) is 3.45. The number of carboxylic acid groups (broad SMARTS) is 1. The highest BCUT2D eigenvalue weighted by Gasteiger charge is 2.32. The quantitative estimate of drug-likeness (QED) is 0.614. The lowest BCUT2D eigenvalue weighted by molar-refractivity contribution is -0.144. The second kappa shape index (κ2) is 8.64. The fourth-order valence-corrected chi connectivity index (χ4v) is 2.01. The van der Waals surface area contributed by atoms with E-state index in [4.69, 9.17) is 9.84 Å². The first-order valence-electron chi connectivity index (χ1n) is 7.33. The van der Waals surface area contributed by atoms with Gasteiger partial charge in [-0.15, -0.1) is 0 Å². The van der Waals surface area contributed by atoms with Gasteiger partial charge in [-0.25, -0.2) is 0 Å². The van der Waals surface area contributed by atoms with Gasteiger partial charge in [0.25, 0.3) is 0 Å². The van der Waals surface area contributed by atoms with Crippen molar-refractivity contribution in [1.29, 1.82) is 0 Å². The minimum absolute atomic E-state index is 0.0608. The zero-order chi connectivity index (χ0) is 15.7. The standard InChI is InChI=1S/C16H25NO4/c1-3-10-17-16(2,15(19)20)9-12-21-14-7-5-4-6-13(14)8-11-18/h4-7,17-18H,3,8-12H2,1-2H3,(H,19,20). The predicted octanol–water partition coefficient (Wildman–Crippen LogP) is 1.83. The molecule has 0 heterocycles. The maximum absolute atomic E-state index is 11.4. The minimum Gasteiger partial charge on any atom is -0.493 e.